The third-order valence-corrected chi connectivity index (χ3v) is 3.35. The number of hydroxylamine groups is 1. The van der Waals surface area contributed by atoms with Crippen LogP contribution < -0.4 is 10.2 Å². The van der Waals surface area contributed by atoms with Gasteiger partial charge in [0, 0.05) is 5.56 Å². The van der Waals surface area contributed by atoms with Crippen LogP contribution in [0.3, 0.4) is 0 Å². The first kappa shape index (κ1) is 16.0. The summed E-state index contributed by atoms with van der Waals surface area (Å²) in [7, 11) is 0. The van der Waals surface area contributed by atoms with E-state index in [4.69, 9.17) is 31.0 Å². The third kappa shape index (κ3) is 3.85. The summed E-state index contributed by atoms with van der Waals surface area (Å²) in [6.45, 7) is 6.20. The third-order valence-electron chi connectivity index (χ3n) is 3.07. The van der Waals surface area contributed by atoms with E-state index in [-0.39, 0.29) is 11.7 Å². The molecule has 0 bridgehead atoms. The summed E-state index contributed by atoms with van der Waals surface area (Å²) in [5.74, 6) is -0.740. The molecule has 1 aliphatic heterocycles. The SMILES string of the molecule is Cc1cc(C(=O)NO)cc(Cl)c1OC[C@@H]1COC(C)(C)O1. The minimum absolute atomic E-state index is 0.170. The zero-order valence-corrected chi connectivity index (χ0v) is 12.9. The maximum atomic E-state index is 11.4. The van der Waals surface area contributed by atoms with Crippen molar-refractivity contribution in [2.75, 3.05) is 13.2 Å². The van der Waals surface area contributed by atoms with Crippen LogP contribution in [0.25, 0.3) is 0 Å². The van der Waals surface area contributed by atoms with E-state index in [0.29, 0.717) is 29.5 Å². The second kappa shape index (κ2) is 6.19. The standard InChI is InChI=1S/C14H18ClNO5/c1-8-4-9(13(17)16-18)5-11(15)12(8)19-6-10-7-20-14(2,3)21-10/h4-5,10,18H,6-7H2,1-3H3,(H,16,17)/t10-/m1/s1. The average Bonchev–Trinajstić information content (AvgIpc) is 2.76. The number of rotatable bonds is 4. The van der Waals surface area contributed by atoms with Gasteiger partial charge in [-0.2, -0.15) is 0 Å². The van der Waals surface area contributed by atoms with Gasteiger partial charge in [-0.25, -0.2) is 5.48 Å². The summed E-state index contributed by atoms with van der Waals surface area (Å²) in [5.41, 5.74) is 2.52. The number of ether oxygens (including phenoxy) is 3. The van der Waals surface area contributed by atoms with Gasteiger partial charge in [0.05, 0.1) is 11.6 Å². The van der Waals surface area contributed by atoms with Crippen molar-refractivity contribution in [2.45, 2.75) is 32.7 Å². The minimum Gasteiger partial charge on any atom is -0.489 e. The molecular formula is C14H18ClNO5. The van der Waals surface area contributed by atoms with Gasteiger partial charge in [0.15, 0.2) is 5.79 Å². The number of carbonyl (C=O) groups is 1. The van der Waals surface area contributed by atoms with E-state index in [2.05, 4.69) is 0 Å². The van der Waals surface area contributed by atoms with E-state index in [1.54, 1.807) is 18.5 Å². The Balaban J connectivity index is 2.05. The summed E-state index contributed by atoms with van der Waals surface area (Å²) in [4.78, 5) is 11.4. The van der Waals surface area contributed by atoms with Crippen LogP contribution >= 0.6 is 11.6 Å². The number of hydrogen-bond acceptors (Lipinski definition) is 5. The number of amides is 1. The molecule has 0 saturated carbocycles. The summed E-state index contributed by atoms with van der Waals surface area (Å²) >= 11 is 6.12. The highest BCUT2D eigenvalue weighted by molar-refractivity contribution is 6.32. The van der Waals surface area contributed by atoms with Crippen molar-refractivity contribution in [2.24, 2.45) is 0 Å². The minimum atomic E-state index is -0.624. The quantitative estimate of drug-likeness (QED) is 0.658. The molecule has 7 heteroatoms. The second-order valence-electron chi connectivity index (χ2n) is 5.31. The fourth-order valence-corrected chi connectivity index (χ4v) is 2.45. The second-order valence-corrected chi connectivity index (χ2v) is 5.71. The smallest absolute Gasteiger partial charge is 0.274 e. The Morgan fingerprint density at radius 1 is 1.57 bits per heavy atom. The molecule has 6 nitrogen and oxygen atoms in total. The number of nitrogens with one attached hydrogen (secondary N) is 1. The first-order valence-corrected chi connectivity index (χ1v) is 6.89. The van der Waals surface area contributed by atoms with E-state index < -0.39 is 11.7 Å². The Labute approximate surface area is 127 Å². The largest absolute Gasteiger partial charge is 0.489 e. The summed E-state index contributed by atoms with van der Waals surface area (Å²) in [6.07, 6.45) is -0.170. The Morgan fingerprint density at radius 2 is 2.29 bits per heavy atom. The molecule has 2 rings (SSSR count). The first-order chi connectivity index (χ1) is 9.82. The molecule has 1 aromatic rings. The van der Waals surface area contributed by atoms with Gasteiger partial charge in [0.1, 0.15) is 18.5 Å². The zero-order valence-electron chi connectivity index (χ0n) is 12.1. The maximum absolute atomic E-state index is 11.4. The van der Waals surface area contributed by atoms with Gasteiger partial charge in [-0.1, -0.05) is 11.6 Å². The van der Waals surface area contributed by atoms with E-state index in [1.807, 2.05) is 13.8 Å². The number of halogens is 1. The Hall–Kier alpha value is -1.34. The van der Waals surface area contributed by atoms with Crippen LogP contribution in [0.15, 0.2) is 12.1 Å². The highest BCUT2D eigenvalue weighted by atomic mass is 35.5. The highest BCUT2D eigenvalue weighted by Crippen LogP contribution is 2.31. The lowest BCUT2D eigenvalue weighted by Gasteiger charge is -2.18. The van der Waals surface area contributed by atoms with Crippen molar-refractivity contribution in [3.63, 3.8) is 0 Å². The van der Waals surface area contributed by atoms with Crippen LogP contribution in [0.4, 0.5) is 0 Å². The predicted octanol–water partition coefficient (Wildman–Crippen LogP) is 2.30. The van der Waals surface area contributed by atoms with Crippen molar-refractivity contribution < 1.29 is 24.2 Å². The van der Waals surface area contributed by atoms with Crippen molar-refractivity contribution in [3.05, 3.63) is 28.3 Å². The van der Waals surface area contributed by atoms with E-state index in [9.17, 15) is 4.79 Å². The molecule has 0 unspecified atom stereocenters. The molecule has 0 radical (unpaired) electrons. The molecule has 1 heterocycles. The van der Waals surface area contributed by atoms with Gasteiger partial charge in [-0.05, 0) is 38.5 Å². The van der Waals surface area contributed by atoms with Crippen molar-refractivity contribution in [1.82, 2.24) is 5.48 Å². The van der Waals surface area contributed by atoms with E-state index >= 15 is 0 Å². The van der Waals surface area contributed by atoms with Crippen molar-refractivity contribution in [1.29, 1.82) is 0 Å². The predicted molar refractivity (Wildman–Crippen MR) is 75.8 cm³/mol. The molecule has 1 aliphatic rings. The van der Waals surface area contributed by atoms with Crippen LogP contribution in [-0.2, 0) is 9.47 Å². The van der Waals surface area contributed by atoms with Gasteiger partial charge in [0.2, 0.25) is 0 Å². The van der Waals surface area contributed by atoms with Gasteiger partial charge >= 0.3 is 0 Å². The van der Waals surface area contributed by atoms with Gasteiger partial charge in [-0.3, -0.25) is 10.0 Å². The molecule has 1 amide bonds. The Morgan fingerprint density at radius 3 is 2.81 bits per heavy atom. The zero-order chi connectivity index (χ0) is 15.6. The summed E-state index contributed by atoms with van der Waals surface area (Å²) in [6, 6.07) is 3.02. The lowest BCUT2D eigenvalue weighted by Crippen LogP contribution is -2.25. The average molecular weight is 316 g/mol. The fraction of sp³-hybridized carbons (Fsp3) is 0.500. The highest BCUT2D eigenvalue weighted by Gasteiger charge is 2.33. The van der Waals surface area contributed by atoms with Crippen molar-refractivity contribution >= 4 is 17.5 Å². The lowest BCUT2D eigenvalue weighted by atomic mass is 10.1. The van der Waals surface area contributed by atoms with Crippen molar-refractivity contribution in [3.8, 4) is 5.75 Å². The van der Waals surface area contributed by atoms with E-state index in [0.717, 1.165) is 0 Å². The molecule has 1 fully saturated rings. The van der Waals surface area contributed by atoms with Crippen LogP contribution in [0.1, 0.15) is 29.8 Å². The van der Waals surface area contributed by atoms with Crippen LogP contribution in [-0.4, -0.2) is 36.2 Å². The molecule has 1 saturated heterocycles. The van der Waals surface area contributed by atoms with E-state index in [1.165, 1.54) is 6.07 Å². The number of carbonyl (C=O) groups excluding carboxylic acids is 1. The normalized spacial score (nSPS) is 20.3. The topological polar surface area (TPSA) is 77.0 Å². The maximum Gasteiger partial charge on any atom is 0.274 e. The number of hydrogen-bond donors (Lipinski definition) is 2. The molecule has 0 aromatic heterocycles. The van der Waals surface area contributed by atoms with Crippen LogP contribution in [0.5, 0.6) is 5.75 Å². The Bertz CT molecular complexity index is 523. The molecule has 1 aromatic carbocycles. The van der Waals surface area contributed by atoms with Gasteiger partial charge < -0.3 is 14.2 Å². The summed E-state index contributed by atoms with van der Waals surface area (Å²) in [5, 5.41) is 8.93. The molecule has 1 atom stereocenters. The molecule has 0 aliphatic carbocycles. The van der Waals surface area contributed by atoms with Crippen LogP contribution in [0.2, 0.25) is 5.02 Å². The molecule has 0 spiro atoms. The van der Waals surface area contributed by atoms with Gasteiger partial charge in [-0.15, -0.1) is 0 Å². The molecule has 21 heavy (non-hydrogen) atoms. The molecule has 116 valence electrons. The number of benzene rings is 1. The van der Waals surface area contributed by atoms with Gasteiger partial charge in [0.25, 0.3) is 5.91 Å². The lowest BCUT2D eigenvalue weighted by molar-refractivity contribution is -0.141. The summed E-state index contributed by atoms with van der Waals surface area (Å²) < 4.78 is 16.8. The molecular weight excluding hydrogens is 298 g/mol. The fourth-order valence-electron chi connectivity index (χ4n) is 2.13. The molecule has 2 N–H and O–H groups in total. The Kier molecular flexibility index (Phi) is 4.73. The first-order valence-electron chi connectivity index (χ1n) is 6.51. The number of aryl methyl sites for hydroxylation is 1. The van der Waals surface area contributed by atoms with Crippen LogP contribution in [0, 0.1) is 6.92 Å². The monoisotopic (exact) mass is 315 g/mol.